The number of nitrogens with zero attached hydrogens (tertiary/aromatic N) is 1. The normalized spacial score (nSPS) is 30.4. The second kappa shape index (κ2) is 9.83. The number of hydrogen-bond acceptors (Lipinski definition) is 5. The highest BCUT2D eigenvalue weighted by Gasteiger charge is 2.73. The van der Waals surface area contributed by atoms with Crippen molar-refractivity contribution < 1.29 is 19.5 Å². The lowest BCUT2D eigenvalue weighted by molar-refractivity contribution is -0.140. The monoisotopic (exact) mass is 459 g/mol. The lowest BCUT2D eigenvalue weighted by Gasteiger charge is -2.34. The highest BCUT2D eigenvalue weighted by molar-refractivity contribution is 8.02. The molecule has 3 N–H and O–H groups in total. The van der Waals surface area contributed by atoms with Crippen LogP contribution in [0.5, 0.6) is 0 Å². The van der Waals surface area contributed by atoms with Crippen LogP contribution in [0.4, 0.5) is 0 Å². The Labute approximate surface area is 193 Å². The third kappa shape index (κ3) is 4.03. The standard InChI is InChI=1S/C24H33N3O4S/c1-25-21(29)18-17-11-12-24(32-17)19(18)23(31)27(13-7-2-3-8-14-28)20(24)22(30)26-15-16-9-5-4-6-10-16/h4-6,9-10,17-20,28H,2-3,7-8,11-15H2,1H3,(H,25,29)(H,26,30)/t17-,18+,19-,20?,24?/m0/s1. The van der Waals surface area contributed by atoms with Gasteiger partial charge in [-0.15, -0.1) is 11.8 Å². The third-order valence-electron chi connectivity index (χ3n) is 7.21. The molecule has 7 nitrogen and oxygen atoms in total. The smallest absolute Gasteiger partial charge is 0.244 e. The summed E-state index contributed by atoms with van der Waals surface area (Å²) in [4.78, 5) is 41.6. The molecule has 0 saturated carbocycles. The van der Waals surface area contributed by atoms with E-state index >= 15 is 0 Å². The number of carbonyl (C=O) groups excluding carboxylic acids is 3. The van der Waals surface area contributed by atoms with Crippen LogP contribution in [-0.2, 0) is 20.9 Å². The summed E-state index contributed by atoms with van der Waals surface area (Å²) >= 11 is 1.70. The van der Waals surface area contributed by atoms with E-state index in [1.165, 1.54) is 0 Å². The Hall–Kier alpha value is -2.06. The number of hydrogen-bond donors (Lipinski definition) is 3. The van der Waals surface area contributed by atoms with Crippen molar-refractivity contribution in [3.8, 4) is 0 Å². The van der Waals surface area contributed by atoms with E-state index in [1.54, 1.807) is 23.7 Å². The Balaban J connectivity index is 1.55. The lowest BCUT2D eigenvalue weighted by Crippen LogP contribution is -2.53. The van der Waals surface area contributed by atoms with Gasteiger partial charge >= 0.3 is 0 Å². The minimum absolute atomic E-state index is 0.0460. The number of unbranched alkanes of at least 4 members (excludes halogenated alkanes) is 3. The Morgan fingerprint density at radius 1 is 1.16 bits per heavy atom. The van der Waals surface area contributed by atoms with Gasteiger partial charge in [0.15, 0.2) is 0 Å². The molecule has 32 heavy (non-hydrogen) atoms. The van der Waals surface area contributed by atoms with Gasteiger partial charge in [0.1, 0.15) is 6.04 Å². The van der Waals surface area contributed by atoms with E-state index in [0.29, 0.717) is 13.1 Å². The number of likely N-dealkylation sites (tertiary alicyclic amines) is 1. The molecule has 2 bridgehead atoms. The van der Waals surface area contributed by atoms with Crippen molar-refractivity contribution in [2.75, 3.05) is 20.2 Å². The molecule has 0 radical (unpaired) electrons. The lowest BCUT2D eigenvalue weighted by atomic mass is 9.71. The van der Waals surface area contributed by atoms with Crippen molar-refractivity contribution >= 4 is 29.5 Å². The number of amides is 3. The van der Waals surface area contributed by atoms with E-state index in [-0.39, 0.29) is 35.5 Å². The third-order valence-corrected chi connectivity index (χ3v) is 9.17. The maximum Gasteiger partial charge on any atom is 0.244 e. The minimum atomic E-state index is -0.550. The fraction of sp³-hybridized carbons (Fsp3) is 0.625. The minimum Gasteiger partial charge on any atom is -0.396 e. The topological polar surface area (TPSA) is 98.7 Å². The highest BCUT2D eigenvalue weighted by Crippen LogP contribution is 2.66. The van der Waals surface area contributed by atoms with Crippen LogP contribution < -0.4 is 10.6 Å². The van der Waals surface area contributed by atoms with Gasteiger partial charge in [-0.3, -0.25) is 14.4 Å². The summed E-state index contributed by atoms with van der Waals surface area (Å²) in [6.45, 7) is 1.10. The maximum atomic E-state index is 13.6. The van der Waals surface area contributed by atoms with Crippen LogP contribution in [0.1, 0.15) is 44.1 Å². The molecular weight excluding hydrogens is 426 g/mol. The van der Waals surface area contributed by atoms with Gasteiger partial charge in [0, 0.05) is 32.0 Å². The molecule has 1 spiro atoms. The van der Waals surface area contributed by atoms with Crippen LogP contribution >= 0.6 is 11.8 Å². The molecule has 4 rings (SSSR count). The number of rotatable bonds is 10. The quantitative estimate of drug-likeness (QED) is 0.463. The summed E-state index contributed by atoms with van der Waals surface area (Å²) in [5.41, 5.74) is 1.02. The van der Waals surface area contributed by atoms with Gasteiger partial charge < -0.3 is 20.6 Å². The summed E-state index contributed by atoms with van der Waals surface area (Å²) in [6.07, 6.45) is 4.98. The van der Waals surface area contributed by atoms with E-state index in [2.05, 4.69) is 10.6 Å². The van der Waals surface area contributed by atoms with E-state index < -0.39 is 16.7 Å². The molecule has 174 valence electrons. The molecule has 3 fully saturated rings. The number of benzene rings is 1. The van der Waals surface area contributed by atoms with E-state index in [9.17, 15) is 14.4 Å². The van der Waals surface area contributed by atoms with Gasteiger partial charge in [-0.2, -0.15) is 0 Å². The molecule has 0 aliphatic carbocycles. The number of carbonyl (C=O) groups is 3. The van der Waals surface area contributed by atoms with Crippen LogP contribution in [-0.4, -0.2) is 64.0 Å². The van der Waals surface area contributed by atoms with E-state index in [4.69, 9.17) is 5.11 Å². The van der Waals surface area contributed by atoms with Crippen molar-refractivity contribution in [1.29, 1.82) is 0 Å². The first-order chi connectivity index (χ1) is 15.5. The Kier molecular flexibility index (Phi) is 7.10. The molecule has 2 unspecified atom stereocenters. The molecule has 3 aliphatic rings. The molecular formula is C24H33N3O4S. The number of nitrogens with one attached hydrogen (secondary N) is 2. The zero-order valence-corrected chi connectivity index (χ0v) is 19.4. The van der Waals surface area contributed by atoms with Crippen molar-refractivity contribution in [3.05, 3.63) is 35.9 Å². The second-order valence-corrected chi connectivity index (χ2v) is 10.6. The first kappa shape index (κ1) is 23.1. The fourth-order valence-electron chi connectivity index (χ4n) is 5.79. The molecule has 1 aromatic rings. The van der Waals surface area contributed by atoms with Crippen molar-refractivity contribution in [1.82, 2.24) is 15.5 Å². The van der Waals surface area contributed by atoms with Crippen molar-refractivity contribution in [2.45, 2.75) is 61.1 Å². The van der Waals surface area contributed by atoms with Gasteiger partial charge in [0.2, 0.25) is 17.7 Å². The number of aliphatic hydroxyl groups is 1. The zero-order chi connectivity index (χ0) is 22.7. The van der Waals surface area contributed by atoms with Crippen molar-refractivity contribution in [2.24, 2.45) is 11.8 Å². The maximum absolute atomic E-state index is 13.6. The first-order valence-corrected chi connectivity index (χ1v) is 12.5. The van der Waals surface area contributed by atoms with Gasteiger partial charge in [0.05, 0.1) is 16.6 Å². The first-order valence-electron chi connectivity index (χ1n) is 11.7. The van der Waals surface area contributed by atoms with E-state index in [0.717, 1.165) is 44.1 Å². The van der Waals surface area contributed by atoms with Gasteiger partial charge in [-0.1, -0.05) is 43.2 Å². The number of aliphatic hydroxyl groups excluding tert-OH is 1. The molecule has 5 atom stereocenters. The Morgan fingerprint density at radius 2 is 1.91 bits per heavy atom. The molecule has 3 saturated heterocycles. The molecule has 8 heteroatoms. The summed E-state index contributed by atoms with van der Waals surface area (Å²) in [5, 5.41) is 14.9. The van der Waals surface area contributed by atoms with Crippen LogP contribution in [0.15, 0.2) is 30.3 Å². The van der Waals surface area contributed by atoms with Crippen LogP contribution in [0.3, 0.4) is 0 Å². The Morgan fingerprint density at radius 3 is 2.62 bits per heavy atom. The molecule has 1 aromatic carbocycles. The van der Waals surface area contributed by atoms with Crippen LogP contribution in [0.2, 0.25) is 0 Å². The van der Waals surface area contributed by atoms with Crippen LogP contribution in [0.25, 0.3) is 0 Å². The fourth-order valence-corrected chi connectivity index (χ4v) is 8.01. The Bertz CT molecular complexity index is 851. The van der Waals surface area contributed by atoms with Gasteiger partial charge in [-0.25, -0.2) is 0 Å². The summed E-state index contributed by atoms with van der Waals surface area (Å²) in [6, 6.07) is 9.21. The van der Waals surface area contributed by atoms with Crippen molar-refractivity contribution in [3.63, 3.8) is 0 Å². The van der Waals surface area contributed by atoms with Gasteiger partial charge in [0.25, 0.3) is 0 Å². The SMILES string of the molecule is CNC(=O)[C@@H]1[C@@H]2CCC3(S2)C(C(=O)NCc2ccccc2)N(CCCCCCO)C(=O)[C@H]13. The number of thioether (sulfide) groups is 1. The average Bonchev–Trinajstić information content (AvgIpc) is 3.45. The summed E-state index contributed by atoms with van der Waals surface area (Å²) < 4.78 is -0.523. The summed E-state index contributed by atoms with van der Waals surface area (Å²) in [7, 11) is 1.62. The highest BCUT2D eigenvalue weighted by atomic mass is 32.2. The molecule has 3 heterocycles. The molecule has 3 aliphatic heterocycles. The molecule has 3 amide bonds. The summed E-state index contributed by atoms with van der Waals surface area (Å²) in [5.74, 6) is -1.05. The largest absolute Gasteiger partial charge is 0.396 e. The van der Waals surface area contributed by atoms with E-state index in [1.807, 2.05) is 30.3 Å². The average molecular weight is 460 g/mol. The second-order valence-electron chi connectivity index (χ2n) is 9.04. The zero-order valence-electron chi connectivity index (χ0n) is 18.6. The van der Waals surface area contributed by atoms with Crippen LogP contribution in [0, 0.1) is 11.8 Å². The predicted molar refractivity (Wildman–Crippen MR) is 124 cm³/mol. The van der Waals surface area contributed by atoms with Gasteiger partial charge in [-0.05, 0) is 31.2 Å². The molecule has 0 aromatic heterocycles. The predicted octanol–water partition coefficient (Wildman–Crippen LogP) is 1.69. The number of fused-ring (bicyclic) bond motifs is 1.